The van der Waals surface area contributed by atoms with Gasteiger partial charge in [0.15, 0.2) is 5.82 Å². The predicted molar refractivity (Wildman–Crippen MR) is 82.3 cm³/mol. The average molecular weight is 295 g/mol. The quantitative estimate of drug-likeness (QED) is 0.704. The second kappa shape index (κ2) is 6.80. The van der Waals surface area contributed by atoms with E-state index in [2.05, 4.69) is 29.6 Å². The molecular weight excluding hydrogens is 270 g/mol. The number of methoxy groups -OCH3 is 1. The van der Waals surface area contributed by atoms with Crippen LogP contribution in [-0.4, -0.2) is 42.0 Å². The number of hydrogen-bond acceptors (Lipinski definition) is 6. The van der Waals surface area contributed by atoms with E-state index < -0.39 is 5.97 Å². The largest absolute Gasteiger partial charge is 0.465 e. The number of anilines is 2. The second-order valence-electron chi connectivity index (χ2n) is 5.84. The molecule has 1 saturated heterocycles. The number of nitrogens with two attached hydrogens (primary N) is 1. The van der Waals surface area contributed by atoms with Gasteiger partial charge in [0.1, 0.15) is 11.4 Å². The van der Waals surface area contributed by atoms with Crippen LogP contribution in [0.15, 0.2) is 0 Å². The molecule has 7 heteroatoms. The molecule has 0 bridgehead atoms. The third kappa shape index (κ3) is 3.66. The van der Waals surface area contributed by atoms with Crippen LogP contribution in [0, 0.1) is 5.92 Å². The highest BCUT2D eigenvalue weighted by molar-refractivity contribution is 5.99. The Labute approximate surface area is 125 Å². The summed E-state index contributed by atoms with van der Waals surface area (Å²) in [6, 6.07) is 0.302. The first kappa shape index (κ1) is 15.6. The molecule has 1 aliphatic heterocycles. The number of hydrogen-bond donors (Lipinski definition) is 3. The summed E-state index contributed by atoms with van der Waals surface area (Å²) in [6.45, 7) is 6.77. The van der Waals surface area contributed by atoms with Gasteiger partial charge < -0.3 is 21.1 Å². The number of piperidine rings is 1. The molecule has 118 valence electrons. The van der Waals surface area contributed by atoms with Crippen molar-refractivity contribution in [3.8, 4) is 0 Å². The maximum Gasteiger partial charge on any atom is 0.345 e. The molecule has 1 aromatic heterocycles. The van der Waals surface area contributed by atoms with E-state index in [0.717, 1.165) is 25.9 Å². The van der Waals surface area contributed by atoms with Gasteiger partial charge in [-0.3, -0.25) is 0 Å². The smallest absolute Gasteiger partial charge is 0.345 e. The minimum Gasteiger partial charge on any atom is -0.465 e. The molecule has 0 saturated carbocycles. The maximum absolute atomic E-state index is 12.0. The van der Waals surface area contributed by atoms with Gasteiger partial charge in [0.2, 0.25) is 0 Å². The molecule has 0 aliphatic carbocycles. The topological polar surface area (TPSA) is 94.2 Å². The van der Waals surface area contributed by atoms with Gasteiger partial charge in [-0.15, -0.1) is 0 Å². The molecule has 21 heavy (non-hydrogen) atoms. The van der Waals surface area contributed by atoms with Gasteiger partial charge in [0, 0.05) is 12.6 Å². The Hall–Kier alpha value is -1.76. The molecule has 0 aromatic carbocycles. The lowest BCUT2D eigenvalue weighted by Gasteiger charge is -2.23. The van der Waals surface area contributed by atoms with Gasteiger partial charge in [0.05, 0.1) is 7.11 Å². The normalized spacial score (nSPS) is 16.2. The highest BCUT2D eigenvalue weighted by Crippen LogP contribution is 2.25. The first-order chi connectivity index (χ1) is 10.0. The van der Waals surface area contributed by atoms with Gasteiger partial charge in [-0.05, 0) is 31.8 Å². The van der Waals surface area contributed by atoms with Gasteiger partial charge in [-0.2, -0.15) is 5.10 Å². The number of nitrogens with one attached hydrogen (secondary N) is 2. The molecule has 1 aliphatic rings. The Morgan fingerprint density at radius 3 is 2.76 bits per heavy atom. The summed E-state index contributed by atoms with van der Waals surface area (Å²) in [5.41, 5.74) is 6.43. The van der Waals surface area contributed by atoms with Crippen LogP contribution < -0.4 is 16.4 Å². The van der Waals surface area contributed by atoms with Gasteiger partial charge >= 0.3 is 5.97 Å². The molecule has 4 N–H and O–H groups in total. The Bertz CT molecular complexity index is 492. The van der Waals surface area contributed by atoms with Crippen LogP contribution in [0.5, 0.6) is 0 Å². The van der Waals surface area contributed by atoms with Crippen molar-refractivity contribution in [2.24, 2.45) is 5.92 Å². The number of ether oxygens (including phenoxy) is 1. The molecule has 0 atom stereocenters. The number of nitrogen functional groups attached to an aromatic ring is 1. The fourth-order valence-corrected chi connectivity index (χ4v) is 2.52. The van der Waals surface area contributed by atoms with Crippen LogP contribution in [0.4, 0.5) is 11.6 Å². The summed E-state index contributed by atoms with van der Waals surface area (Å²) in [6.07, 6.45) is 2.00. The summed E-state index contributed by atoms with van der Waals surface area (Å²) in [5, 5.41) is 11.1. The number of aromatic nitrogens is 2. The fourth-order valence-electron chi connectivity index (χ4n) is 2.52. The summed E-state index contributed by atoms with van der Waals surface area (Å²) < 4.78 is 6.52. The van der Waals surface area contributed by atoms with Crippen molar-refractivity contribution in [2.75, 3.05) is 31.2 Å². The van der Waals surface area contributed by atoms with E-state index in [1.807, 2.05) is 0 Å². The summed E-state index contributed by atoms with van der Waals surface area (Å²) in [5.74, 6) is 0.849. The first-order valence-corrected chi connectivity index (χ1v) is 7.44. The van der Waals surface area contributed by atoms with E-state index in [9.17, 15) is 4.79 Å². The van der Waals surface area contributed by atoms with Crippen molar-refractivity contribution in [3.05, 3.63) is 5.56 Å². The van der Waals surface area contributed by atoms with Crippen molar-refractivity contribution in [1.29, 1.82) is 0 Å². The van der Waals surface area contributed by atoms with Crippen LogP contribution in [0.3, 0.4) is 0 Å². The van der Waals surface area contributed by atoms with E-state index in [-0.39, 0.29) is 0 Å². The van der Waals surface area contributed by atoms with E-state index >= 15 is 0 Å². The summed E-state index contributed by atoms with van der Waals surface area (Å²) in [4.78, 5) is 12.0. The Morgan fingerprint density at radius 1 is 1.52 bits per heavy atom. The highest BCUT2D eigenvalue weighted by atomic mass is 16.5. The van der Waals surface area contributed by atoms with Crippen LogP contribution in [0.25, 0.3) is 0 Å². The molecule has 0 radical (unpaired) electrons. The number of rotatable bonds is 5. The zero-order valence-electron chi connectivity index (χ0n) is 13.0. The molecular formula is C14H25N5O2. The monoisotopic (exact) mass is 295 g/mol. The van der Waals surface area contributed by atoms with Crippen molar-refractivity contribution in [1.82, 2.24) is 15.1 Å². The third-order valence-corrected chi connectivity index (χ3v) is 3.60. The molecule has 2 rings (SSSR count). The van der Waals surface area contributed by atoms with Crippen molar-refractivity contribution in [3.63, 3.8) is 0 Å². The fraction of sp³-hybridized carbons (Fsp3) is 0.714. The van der Waals surface area contributed by atoms with Gasteiger partial charge in [0.25, 0.3) is 0 Å². The zero-order chi connectivity index (χ0) is 15.4. The Balaban J connectivity index is 2.26. The minimum atomic E-state index is -0.445. The second-order valence-corrected chi connectivity index (χ2v) is 5.84. The minimum absolute atomic E-state index is 0.302. The van der Waals surface area contributed by atoms with E-state index in [4.69, 9.17) is 10.5 Å². The van der Waals surface area contributed by atoms with Crippen molar-refractivity contribution in [2.45, 2.75) is 39.3 Å². The highest BCUT2D eigenvalue weighted by Gasteiger charge is 2.25. The van der Waals surface area contributed by atoms with Crippen LogP contribution in [0.1, 0.15) is 37.0 Å². The number of carbonyl (C=O) groups excluding carboxylic acids is 1. The van der Waals surface area contributed by atoms with Crippen LogP contribution in [0.2, 0.25) is 0 Å². The zero-order valence-corrected chi connectivity index (χ0v) is 13.0. The third-order valence-electron chi connectivity index (χ3n) is 3.60. The molecule has 1 fully saturated rings. The van der Waals surface area contributed by atoms with Crippen molar-refractivity contribution < 1.29 is 9.53 Å². The van der Waals surface area contributed by atoms with E-state index in [1.54, 1.807) is 4.68 Å². The first-order valence-electron chi connectivity index (χ1n) is 7.44. The Kier molecular flexibility index (Phi) is 5.06. The van der Waals surface area contributed by atoms with Crippen LogP contribution in [-0.2, 0) is 11.3 Å². The Morgan fingerprint density at radius 2 is 2.19 bits per heavy atom. The predicted octanol–water partition coefficient (Wildman–Crippen LogP) is 1.07. The summed E-state index contributed by atoms with van der Waals surface area (Å²) >= 11 is 0. The lowest BCUT2D eigenvalue weighted by Crippen LogP contribution is -2.35. The van der Waals surface area contributed by atoms with E-state index in [1.165, 1.54) is 7.11 Å². The number of carbonyl (C=O) groups is 1. The average Bonchev–Trinajstić information content (AvgIpc) is 2.75. The van der Waals surface area contributed by atoms with Crippen LogP contribution >= 0.6 is 0 Å². The standard InChI is InChI=1S/C14H25N5O2/c1-9(2)8-19-12(15)11(14(20)21-3)13(18-19)17-10-4-6-16-7-5-10/h9-10,16H,4-8,15H2,1-3H3,(H,17,18). The van der Waals surface area contributed by atoms with Gasteiger partial charge in [-0.25, -0.2) is 9.48 Å². The van der Waals surface area contributed by atoms with Crippen molar-refractivity contribution >= 4 is 17.6 Å². The molecule has 0 unspecified atom stereocenters. The maximum atomic E-state index is 12.0. The number of esters is 1. The molecule has 1 aromatic rings. The molecule has 0 amide bonds. The summed E-state index contributed by atoms with van der Waals surface area (Å²) in [7, 11) is 1.36. The van der Waals surface area contributed by atoms with Gasteiger partial charge in [-0.1, -0.05) is 13.8 Å². The lowest BCUT2D eigenvalue weighted by molar-refractivity contribution is 0.0603. The molecule has 0 spiro atoms. The lowest BCUT2D eigenvalue weighted by atomic mass is 10.1. The SMILES string of the molecule is COC(=O)c1c(NC2CCNCC2)nn(CC(C)C)c1N. The molecule has 7 nitrogen and oxygen atoms in total. The van der Waals surface area contributed by atoms with E-state index in [0.29, 0.717) is 35.7 Å². The molecule has 2 heterocycles. The number of nitrogens with zero attached hydrogens (tertiary/aromatic N) is 2.